The second-order valence-electron chi connectivity index (χ2n) is 6.68. The third kappa shape index (κ3) is 3.73. The zero-order chi connectivity index (χ0) is 21.3. The summed E-state index contributed by atoms with van der Waals surface area (Å²) < 4.78 is 27.7. The van der Waals surface area contributed by atoms with Gasteiger partial charge in [0.1, 0.15) is 17.5 Å². The van der Waals surface area contributed by atoms with E-state index in [9.17, 15) is 13.6 Å². The number of hydrogen-bond donors (Lipinski definition) is 1. The molecule has 2 heterocycles. The summed E-state index contributed by atoms with van der Waals surface area (Å²) in [6.45, 7) is 1.70. The first-order valence-electron chi connectivity index (χ1n) is 9.04. The van der Waals surface area contributed by atoms with Crippen molar-refractivity contribution in [2.45, 2.75) is 13.1 Å². The molecular formula is C22H15F2N5O. The van der Waals surface area contributed by atoms with E-state index in [4.69, 9.17) is 5.26 Å². The monoisotopic (exact) mass is 403 g/mol. The van der Waals surface area contributed by atoms with Crippen LogP contribution >= 0.6 is 0 Å². The van der Waals surface area contributed by atoms with Crippen LogP contribution < -0.4 is 5.32 Å². The van der Waals surface area contributed by atoms with Gasteiger partial charge in [-0.15, -0.1) is 0 Å². The number of rotatable bonds is 2. The molecule has 0 aliphatic carbocycles. The number of carbonyl (C=O) groups is 1. The second-order valence-corrected chi connectivity index (χ2v) is 6.68. The Hall–Kier alpha value is -4.12. The quantitative estimate of drug-likeness (QED) is 0.824. The van der Waals surface area contributed by atoms with Crippen molar-refractivity contribution in [2.75, 3.05) is 0 Å². The minimum absolute atomic E-state index is 0.184. The lowest BCUT2D eigenvalue weighted by Crippen LogP contribution is -2.50. The van der Waals surface area contributed by atoms with Gasteiger partial charge in [0.05, 0.1) is 17.3 Å². The number of amides is 2. The first-order valence-corrected chi connectivity index (χ1v) is 9.04. The van der Waals surface area contributed by atoms with Gasteiger partial charge in [-0.3, -0.25) is 5.32 Å². The average molecular weight is 403 g/mol. The van der Waals surface area contributed by atoms with E-state index in [1.54, 1.807) is 49.4 Å². The fourth-order valence-corrected chi connectivity index (χ4v) is 3.09. The fourth-order valence-electron chi connectivity index (χ4n) is 3.09. The molecule has 1 atom stereocenters. The van der Waals surface area contributed by atoms with E-state index < -0.39 is 23.8 Å². The first-order chi connectivity index (χ1) is 14.4. The topological polar surface area (TPSA) is 80.9 Å². The summed E-state index contributed by atoms with van der Waals surface area (Å²) in [6.07, 6.45) is 4.03. The van der Waals surface area contributed by atoms with Crippen LogP contribution in [0, 0.1) is 23.0 Å². The Morgan fingerprint density at radius 1 is 1.13 bits per heavy atom. The maximum atomic E-state index is 14.4. The summed E-state index contributed by atoms with van der Waals surface area (Å²) in [5.41, 5.74) is 2.23. The molecule has 0 saturated carbocycles. The van der Waals surface area contributed by atoms with Gasteiger partial charge in [-0.25, -0.2) is 18.6 Å². The molecule has 1 N–H and O–H groups in total. The van der Waals surface area contributed by atoms with Gasteiger partial charge >= 0.3 is 6.03 Å². The van der Waals surface area contributed by atoms with Crippen LogP contribution in [0.1, 0.15) is 23.6 Å². The van der Waals surface area contributed by atoms with Crippen LogP contribution in [0.2, 0.25) is 0 Å². The Kier molecular flexibility index (Phi) is 4.94. The van der Waals surface area contributed by atoms with Crippen molar-refractivity contribution in [2.24, 2.45) is 10.1 Å². The molecular weight excluding hydrogens is 388 g/mol. The molecule has 0 saturated heterocycles. The standard InChI is InChI=1S/C22H15F2N5O/c1-13-2-5-16(18-9-8-17(23)11-19(18)24)10-20-26-21(27-22(30)29(20)28-13)15-6-3-14(12-25)4-7-15/h2-11,20H,1H3,(H,26,27,30). The predicted molar refractivity (Wildman–Crippen MR) is 108 cm³/mol. The molecule has 1 unspecified atom stereocenters. The molecule has 8 heteroatoms. The van der Waals surface area contributed by atoms with Gasteiger partial charge in [0.25, 0.3) is 0 Å². The van der Waals surface area contributed by atoms with E-state index in [1.165, 1.54) is 12.1 Å². The number of fused-ring (bicyclic) bond motifs is 1. The van der Waals surface area contributed by atoms with Crippen LogP contribution in [0.4, 0.5) is 13.6 Å². The number of hydrogen-bond acceptors (Lipinski definition) is 4. The molecule has 2 aromatic carbocycles. The molecule has 148 valence electrons. The van der Waals surface area contributed by atoms with Gasteiger partial charge in [0, 0.05) is 17.2 Å². The lowest BCUT2D eigenvalue weighted by atomic mass is 10.0. The third-order valence-corrected chi connectivity index (χ3v) is 4.57. The highest BCUT2D eigenvalue weighted by Crippen LogP contribution is 2.25. The number of allylic oxidation sites excluding steroid dienone is 3. The molecule has 2 aromatic rings. The summed E-state index contributed by atoms with van der Waals surface area (Å²) in [4.78, 5) is 17.3. The van der Waals surface area contributed by atoms with E-state index in [0.717, 1.165) is 11.1 Å². The Balaban J connectivity index is 1.81. The minimum atomic E-state index is -0.844. The molecule has 2 aliphatic rings. The lowest BCUT2D eigenvalue weighted by molar-refractivity contribution is 0.191. The predicted octanol–water partition coefficient (Wildman–Crippen LogP) is 3.96. The number of benzene rings is 2. The van der Waals surface area contributed by atoms with Crippen molar-refractivity contribution in [3.63, 3.8) is 0 Å². The maximum Gasteiger partial charge on any atom is 0.345 e. The number of halogens is 2. The van der Waals surface area contributed by atoms with Crippen molar-refractivity contribution in [3.05, 3.63) is 89.0 Å². The van der Waals surface area contributed by atoms with E-state index in [2.05, 4.69) is 15.4 Å². The minimum Gasteiger partial charge on any atom is -0.290 e. The Morgan fingerprint density at radius 3 is 2.60 bits per heavy atom. The molecule has 2 aliphatic heterocycles. The van der Waals surface area contributed by atoms with Crippen molar-refractivity contribution in [3.8, 4) is 6.07 Å². The Morgan fingerprint density at radius 2 is 1.90 bits per heavy atom. The third-order valence-electron chi connectivity index (χ3n) is 4.57. The molecule has 0 radical (unpaired) electrons. The van der Waals surface area contributed by atoms with E-state index in [-0.39, 0.29) is 5.56 Å². The van der Waals surface area contributed by atoms with E-state index in [1.807, 2.05) is 6.07 Å². The number of hydrazone groups is 1. The molecule has 4 rings (SSSR count). The molecule has 30 heavy (non-hydrogen) atoms. The smallest absolute Gasteiger partial charge is 0.290 e. The highest BCUT2D eigenvalue weighted by Gasteiger charge is 2.30. The highest BCUT2D eigenvalue weighted by atomic mass is 19.1. The Bertz CT molecular complexity index is 1190. The Labute approximate surface area is 171 Å². The molecule has 6 nitrogen and oxygen atoms in total. The van der Waals surface area contributed by atoms with Crippen molar-refractivity contribution >= 4 is 23.2 Å². The summed E-state index contributed by atoms with van der Waals surface area (Å²) in [5.74, 6) is -1.09. The van der Waals surface area contributed by atoms with Crippen LogP contribution in [0.5, 0.6) is 0 Å². The number of urea groups is 1. The fraction of sp³-hybridized carbons (Fsp3) is 0.0909. The normalized spacial score (nSPS) is 18.2. The average Bonchev–Trinajstić information content (AvgIpc) is 2.72. The number of amidine groups is 1. The van der Waals surface area contributed by atoms with Crippen molar-refractivity contribution < 1.29 is 13.6 Å². The van der Waals surface area contributed by atoms with Crippen LogP contribution in [0.3, 0.4) is 0 Å². The number of aliphatic imine (C=N–C) groups is 1. The van der Waals surface area contributed by atoms with Gasteiger partial charge in [0.15, 0.2) is 6.17 Å². The number of nitriles is 1. The summed E-state index contributed by atoms with van der Waals surface area (Å²) >= 11 is 0. The maximum absolute atomic E-state index is 14.4. The SMILES string of the molecule is CC1=NN2C(=O)NC(c3ccc(C#N)cc3)=NC2C=C(c2ccc(F)cc2F)C=C1. The van der Waals surface area contributed by atoms with Crippen molar-refractivity contribution in [1.29, 1.82) is 5.26 Å². The summed E-state index contributed by atoms with van der Waals surface area (Å²) in [5, 5.41) is 17.1. The first kappa shape index (κ1) is 19.2. The number of nitrogens with zero attached hydrogens (tertiary/aromatic N) is 4. The molecule has 0 bridgehead atoms. The van der Waals surface area contributed by atoms with E-state index in [0.29, 0.717) is 28.2 Å². The van der Waals surface area contributed by atoms with Gasteiger partial charge < -0.3 is 0 Å². The zero-order valence-electron chi connectivity index (χ0n) is 15.8. The molecule has 0 aromatic heterocycles. The van der Waals surface area contributed by atoms with Gasteiger partial charge in [-0.1, -0.05) is 6.08 Å². The van der Waals surface area contributed by atoms with Gasteiger partial charge in [0.2, 0.25) is 0 Å². The van der Waals surface area contributed by atoms with Gasteiger partial charge in [-0.05, 0) is 61.0 Å². The second kappa shape index (κ2) is 7.72. The molecule has 0 fully saturated rings. The molecule has 2 amide bonds. The van der Waals surface area contributed by atoms with E-state index >= 15 is 0 Å². The van der Waals surface area contributed by atoms with Crippen LogP contribution in [0.15, 0.2) is 70.8 Å². The number of nitrogens with one attached hydrogen (secondary N) is 1. The van der Waals surface area contributed by atoms with Crippen LogP contribution in [0.25, 0.3) is 5.57 Å². The van der Waals surface area contributed by atoms with Crippen LogP contribution in [-0.2, 0) is 0 Å². The lowest BCUT2D eigenvalue weighted by Gasteiger charge is -2.30. The van der Waals surface area contributed by atoms with Crippen molar-refractivity contribution in [1.82, 2.24) is 10.3 Å². The highest BCUT2D eigenvalue weighted by molar-refractivity contribution is 6.09. The summed E-state index contributed by atoms with van der Waals surface area (Å²) in [6, 6.07) is 11.4. The summed E-state index contributed by atoms with van der Waals surface area (Å²) in [7, 11) is 0. The zero-order valence-corrected chi connectivity index (χ0v) is 15.8. The largest absolute Gasteiger partial charge is 0.345 e. The van der Waals surface area contributed by atoms with Gasteiger partial charge in [-0.2, -0.15) is 15.4 Å². The van der Waals surface area contributed by atoms with Crippen LogP contribution in [-0.4, -0.2) is 28.8 Å². The number of carbonyl (C=O) groups excluding carboxylic acids is 1. The molecule has 0 spiro atoms.